The van der Waals surface area contributed by atoms with Gasteiger partial charge in [0.1, 0.15) is 0 Å². The molecule has 2 fully saturated rings. The molecule has 132 valence electrons. The topological polar surface area (TPSA) is 61.8 Å². The van der Waals surface area contributed by atoms with E-state index in [1.165, 1.54) is 5.56 Å². The van der Waals surface area contributed by atoms with Crippen LogP contribution in [0.3, 0.4) is 0 Å². The van der Waals surface area contributed by atoms with Crippen LogP contribution in [0.25, 0.3) is 0 Å². The first-order chi connectivity index (χ1) is 11.6. The molecule has 2 aliphatic rings. The van der Waals surface area contributed by atoms with Gasteiger partial charge in [0, 0.05) is 25.1 Å². The number of ether oxygens (including phenoxy) is 1. The fourth-order valence-corrected chi connectivity index (χ4v) is 3.91. The lowest BCUT2D eigenvalue weighted by Gasteiger charge is -2.36. The van der Waals surface area contributed by atoms with E-state index in [-0.39, 0.29) is 24.0 Å². The highest BCUT2D eigenvalue weighted by atomic mass is 16.5. The van der Waals surface area contributed by atoms with Crippen LogP contribution in [0, 0.1) is 12.8 Å². The molecule has 0 aromatic heterocycles. The van der Waals surface area contributed by atoms with Crippen LogP contribution in [0.5, 0.6) is 0 Å². The Morgan fingerprint density at radius 3 is 3.08 bits per heavy atom. The second-order valence-corrected chi connectivity index (χ2v) is 7.04. The highest BCUT2D eigenvalue weighted by Gasteiger charge is 2.37. The maximum Gasteiger partial charge on any atom is 0.234 e. The molecule has 2 heterocycles. The number of nitrogens with one attached hydrogen (secondary N) is 1. The Morgan fingerprint density at radius 1 is 1.42 bits per heavy atom. The molecule has 0 bridgehead atoms. The Labute approximate surface area is 144 Å². The number of nitrogens with zero attached hydrogens (tertiary/aromatic N) is 1. The van der Waals surface area contributed by atoms with Crippen molar-refractivity contribution in [2.45, 2.75) is 44.9 Å². The van der Waals surface area contributed by atoms with E-state index in [2.05, 4.69) is 29.3 Å². The molecule has 2 saturated heterocycles. The Morgan fingerprint density at radius 2 is 2.29 bits per heavy atom. The van der Waals surface area contributed by atoms with Crippen LogP contribution in [0.2, 0.25) is 0 Å². The van der Waals surface area contributed by atoms with E-state index in [0.29, 0.717) is 32.7 Å². The lowest BCUT2D eigenvalue weighted by Crippen LogP contribution is -2.48. The van der Waals surface area contributed by atoms with E-state index >= 15 is 0 Å². The molecular weight excluding hydrogens is 304 g/mol. The summed E-state index contributed by atoms with van der Waals surface area (Å²) < 4.78 is 5.55. The highest BCUT2D eigenvalue weighted by molar-refractivity contribution is 5.78. The highest BCUT2D eigenvalue weighted by Crippen LogP contribution is 2.29. The molecule has 0 radical (unpaired) electrons. The van der Waals surface area contributed by atoms with Crippen molar-refractivity contribution in [3.63, 3.8) is 0 Å². The summed E-state index contributed by atoms with van der Waals surface area (Å²) in [6, 6.07) is 8.44. The van der Waals surface area contributed by atoms with E-state index in [1.807, 2.05) is 12.1 Å². The maximum absolute atomic E-state index is 12.3. The zero-order valence-corrected chi connectivity index (χ0v) is 14.4. The number of hydrogen-bond acceptors (Lipinski definition) is 4. The number of hydrogen-bond donors (Lipinski definition) is 2. The molecule has 3 atom stereocenters. The van der Waals surface area contributed by atoms with Crippen molar-refractivity contribution in [2.24, 2.45) is 5.92 Å². The van der Waals surface area contributed by atoms with Gasteiger partial charge >= 0.3 is 0 Å². The van der Waals surface area contributed by atoms with Gasteiger partial charge in [0.25, 0.3) is 0 Å². The van der Waals surface area contributed by atoms with Crippen LogP contribution in [-0.4, -0.2) is 54.4 Å². The fourth-order valence-electron chi connectivity index (χ4n) is 3.91. The SMILES string of the molecule is Cc1cccc(CNC(=O)CN2CCC[C@@H]2[C@@H]2COCC[C@@H]2O)c1. The average molecular weight is 332 g/mol. The van der Waals surface area contributed by atoms with E-state index in [4.69, 9.17) is 4.74 Å². The van der Waals surface area contributed by atoms with Crippen molar-refractivity contribution in [1.29, 1.82) is 0 Å². The summed E-state index contributed by atoms with van der Waals surface area (Å²) in [4.78, 5) is 14.5. The third-order valence-electron chi connectivity index (χ3n) is 5.19. The second-order valence-electron chi connectivity index (χ2n) is 7.04. The van der Waals surface area contributed by atoms with Gasteiger partial charge < -0.3 is 15.2 Å². The number of aliphatic hydroxyl groups excluding tert-OH is 1. The summed E-state index contributed by atoms with van der Waals surface area (Å²) in [6.45, 7) is 5.19. The van der Waals surface area contributed by atoms with Gasteiger partial charge in [-0.15, -0.1) is 0 Å². The number of amides is 1. The summed E-state index contributed by atoms with van der Waals surface area (Å²) in [7, 11) is 0. The predicted octanol–water partition coefficient (Wildman–Crippen LogP) is 1.47. The lowest BCUT2D eigenvalue weighted by molar-refractivity contribution is -0.124. The summed E-state index contributed by atoms with van der Waals surface area (Å²) in [6.07, 6.45) is 2.52. The molecule has 5 heteroatoms. The Balaban J connectivity index is 1.51. The molecule has 1 amide bonds. The van der Waals surface area contributed by atoms with Crippen molar-refractivity contribution in [3.8, 4) is 0 Å². The number of aliphatic hydroxyl groups is 1. The van der Waals surface area contributed by atoms with Crippen LogP contribution >= 0.6 is 0 Å². The number of benzene rings is 1. The first-order valence-electron chi connectivity index (χ1n) is 8.95. The van der Waals surface area contributed by atoms with Crippen molar-refractivity contribution in [1.82, 2.24) is 10.2 Å². The zero-order valence-electron chi connectivity index (χ0n) is 14.4. The quantitative estimate of drug-likeness (QED) is 0.857. The van der Waals surface area contributed by atoms with Gasteiger partial charge in [-0.2, -0.15) is 0 Å². The molecule has 2 N–H and O–H groups in total. The molecule has 0 unspecified atom stereocenters. The molecule has 0 spiro atoms. The number of rotatable bonds is 5. The molecule has 3 rings (SSSR count). The summed E-state index contributed by atoms with van der Waals surface area (Å²) >= 11 is 0. The molecule has 1 aromatic rings. The van der Waals surface area contributed by atoms with Gasteiger partial charge in [-0.1, -0.05) is 29.8 Å². The van der Waals surface area contributed by atoms with Gasteiger partial charge in [-0.05, 0) is 38.3 Å². The molecule has 2 aliphatic heterocycles. The smallest absolute Gasteiger partial charge is 0.234 e. The minimum atomic E-state index is -0.306. The third-order valence-corrected chi connectivity index (χ3v) is 5.19. The largest absolute Gasteiger partial charge is 0.393 e. The van der Waals surface area contributed by atoms with Gasteiger partial charge in [-0.3, -0.25) is 9.69 Å². The van der Waals surface area contributed by atoms with Crippen LogP contribution in [0.1, 0.15) is 30.4 Å². The van der Waals surface area contributed by atoms with E-state index in [9.17, 15) is 9.90 Å². The molecule has 5 nitrogen and oxygen atoms in total. The van der Waals surface area contributed by atoms with Crippen LogP contribution in [-0.2, 0) is 16.1 Å². The number of aryl methyl sites for hydroxylation is 1. The van der Waals surface area contributed by atoms with Crippen molar-refractivity contribution >= 4 is 5.91 Å². The Bertz CT molecular complexity index is 563. The maximum atomic E-state index is 12.3. The van der Waals surface area contributed by atoms with E-state index in [0.717, 1.165) is 24.9 Å². The minimum Gasteiger partial charge on any atom is -0.393 e. The van der Waals surface area contributed by atoms with Crippen molar-refractivity contribution in [2.75, 3.05) is 26.3 Å². The first-order valence-corrected chi connectivity index (χ1v) is 8.95. The van der Waals surface area contributed by atoms with E-state index < -0.39 is 0 Å². The van der Waals surface area contributed by atoms with Crippen molar-refractivity contribution in [3.05, 3.63) is 35.4 Å². The molecule has 1 aromatic carbocycles. The predicted molar refractivity (Wildman–Crippen MR) is 92.6 cm³/mol. The Kier molecular flexibility index (Phi) is 5.87. The van der Waals surface area contributed by atoms with Gasteiger partial charge in [-0.25, -0.2) is 0 Å². The molecular formula is C19H28N2O3. The lowest BCUT2D eigenvalue weighted by atomic mass is 9.89. The van der Waals surface area contributed by atoms with Gasteiger partial charge in [0.2, 0.25) is 5.91 Å². The summed E-state index contributed by atoms with van der Waals surface area (Å²) in [5.41, 5.74) is 2.32. The van der Waals surface area contributed by atoms with Crippen LogP contribution in [0.15, 0.2) is 24.3 Å². The van der Waals surface area contributed by atoms with E-state index in [1.54, 1.807) is 0 Å². The molecule has 0 saturated carbocycles. The van der Waals surface area contributed by atoms with Gasteiger partial charge in [0.15, 0.2) is 0 Å². The minimum absolute atomic E-state index is 0.0506. The number of carbonyl (C=O) groups excluding carboxylic acids is 1. The van der Waals surface area contributed by atoms with Gasteiger partial charge in [0.05, 0.1) is 19.3 Å². The number of likely N-dealkylation sites (tertiary alicyclic amines) is 1. The normalized spacial score (nSPS) is 28.0. The van der Waals surface area contributed by atoms with Crippen LogP contribution < -0.4 is 5.32 Å². The summed E-state index contributed by atoms with van der Waals surface area (Å²) in [5, 5.41) is 13.3. The molecule has 24 heavy (non-hydrogen) atoms. The standard InChI is InChI=1S/C19H28N2O3/c1-14-4-2-5-15(10-14)11-20-19(23)12-21-8-3-6-17(21)16-13-24-9-7-18(16)22/h2,4-5,10,16-18,22H,3,6-9,11-13H2,1H3,(H,20,23)/t16-,17+,18-/m0/s1. The monoisotopic (exact) mass is 332 g/mol. The number of carbonyl (C=O) groups is 1. The van der Waals surface area contributed by atoms with Crippen LogP contribution in [0.4, 0.5) is 0 Å². The fraction of sp³-hybridized carbons (Fsp3) is 0.632. The molecule has 0 aliphatic carbocycles. The average Bonchev–Trinajstić information content (AvgIpc) is 3.01. The third kappa shape index (κ3) is 4.35. The first kappa shape index (κ1) is 17.4. The summed E-state index contributed by atoms with van der Waals surface area (Å²) in [5.74, 6) is 0.181. The zero-order chi connectivity index (χ0) is 16.9. The Hall–Kier alpha value is -1.43. The van der Waals surface area contributed by atoms with Crippen molar-refractivity contribution < 1.29 is 14.6 Å². The second kappa shape index (κ2) is 8.10.